The van der Waals surface area contributed by atoms with E-state index in [4.69, 9.17) is 0 Å². The van der Waals surface area contributed by atoms with Gasteiger partial charge in [0.2, 0.25) is 5.91 Å². The third-order valence-corrected chi connectivity index (χ3v) is 3.96. The smallest absolute Gasteiger partial charge is 0.325 e. The maximum absolute atomic E-state index is 13.9. The number of hydrogen-bond acceptors (Lipinski definition) is 2. The number of urea groups is 1. The summed E-state index contributed by atoms with van der Waals surface area (Å²) in [5.74, 6) is -0.515. The highest BCUT2D eigenvalue weighted by Gasteiger charge is 2.33. The Labute approximate surface area is 136 Å². The Balaban J connectivity index is 2.08. The number of benzene rings is 1. The van der Waals surface area contributed by atoms with Crippen molar-refractivity contribution < 1.29 is 14.0 Å². The fourth-order valence-corrected chi connectivity index (χ4v) is 3.04. The summed E-state index contributed by atoms with van der Waals surface area (Å²) in [6, 6.07) is 6.01. The predicted octanol–water partition coefficient (Wildman–Crippen LogP) is 2.71. The number of carbonyl (C=O) groups is 2. The molecule has 2 rings (SSSR count). The van der Waals surface area contributed by atoms with Gasteiger partial charge in [-0.3, -0.25) is 9.69 Å². The van der Waals surface area contributed by atoms with Gasteiger partial charge in [-0.1, -0.05) is 12.1 Å². The van der Waals surface area contributed by atoms with Crippen molar-refractivity contribution in [2.24, 2.45) is 0 Å². The van der Waals surface area contributed by atoms with Crippen LogP contribution in [-0.4, -0.2) is 53.5 Å². The number of carbonyl (C=O) groups excluding carboxylic acids is 2. The van der Waals surface area contributed by atoms with E-state index in [9.17, 15) is 14.0 Å². The highest BCUT2D eigenvalue weighted by molar-refractivity contribution is 5.96. The third kappa shape index (κ3) is 3.63. The molecule has 1 aromatic carbocycles. The van der Waals surface area contributed by atoms with Crippen LogP contribution in [0.2, 0.25) is 0 Å². The van der Waals surface area contributed by atoms with Crippen LogP contribution in [0.3, 0.4) is 0 Å². The van der Waals surface area contributed by atoms with Crippen molar-refractivity contribution in [3.63, 3.8) is 0 Å². The molecule has 0 radical (unpaired) electrons. The van der Waals surface area contributed by atoms with Crippen molar-refractivity contribution >= 4 is 17.6 Å². The van der Waals surface area contributed by atoms with Gasteiger partial charge >= 0.3 is 6.03 Å². The van der Waals surface area contributed by atoms with E-state index >= 15 is 0 Å². The molecule has 0 bridgehead atoms. The van der Waals surface area contributed by atoms with Crippen molar-refractivity contribution in [1.29, 1.82) is 0 Å². The van der Waals surface area contributed by atoms with Crippen LogP contribution in [0, 0.1) is 5.82 Å². The molecule has 0 spiro atoms. The van der Waals surface area contributed by atoms with Crippen molar-refractivity contribution in [3.05, 3.63) is 30.1 Å². The van der Waals surface area contributed by atoms with Crippen molar-refractivity contribution in [2.45, 2.75) is 39.8 Å². The fraction of sp³-hybridized carbons (Fsp3) is 0.529. The second kappa shape index (κ2) is 6.98. The van der Waals surface area contributed by atoms with Crippen LogP contribution in [0.15, 0.2) is 24.3 Å². The van der Waals surface area contributed by atoms with Gasteiger partial charge in [0.1, 0.15) is 12.4 Å². The Hall–Kier alpha value is -2.11. The first kappa shape index (κ1) is 17.2. The molecule has 5 nitrogen and oxygen atoms in total. The first-order valence-corrected chi connectivity index (χ1v) is 7.95. The van der Waals surface area contributed by atoms with Gasteiger partial charge < -0.3 is 9.80 Å². The Morgan fingerprint density at radius 2 is 1.78 bits per heavy atom. The highest BCUT2D eigenvalue weighted by atomic mass is 19.1. The van der Waals surface area contributed by atoms with Crippen LogP contribution in [0.4, 0.5) is 14.9 Å². The second-order valence-corrected chi connectivity index (χ2v) is 6.30. The van der Waals surface area contributed by atoms with Gasteiger partial charge in [-0.15, -0.1) is 0 Å². The van der Waals surface area contributed by atoms with Crippen LogP contribution in [0.25, 0.3) is 0 Å². The molecule has 6 heteroatoms. The van der Waals surface area contributed by atoms with Gasteiger partial charge in [0, 0.05) is 25.2 Å². The van der Waals surface area contributed by atoms with Crippen LogP contribution in [0.5, 0.6) is 0 Å². The molecule has 1 fully saturated rings. The molecule has 0 saturated carbocycles. The number of para-hydroxylation sites is 1. The summed E-state index contributed by atoms with van der Waals surface area (Å²) in [6.45, 7) is 8.65. The summed E-state index contributed by atoms with van der Waals surface area (Å²) in [7, 11) is 0. The molecule has 23 heavy (non-hydrogen) atoms. The van der Waals surface area contributed by atoms with E-state index < -0.39 is 5.82 Å². The predicted molar refractivity (Wildman–Crippen MR) is 87.8 cm³/mol. The average Bonchev–Trinajstić information content (AvgIpc) is 2.80. The lowest BCUT2D eigenvalue weighted by atomic mass is 10.2. The molecular weight excluding hydrogens is 297 g/mol. The Morgan fingerprint density at radius 1 is 1.17 bits per heavy atom. The zero-order valence-electron chi connectivity index (χ0n) is 14.1. The topological polar surface area (TPSA) is 43.9 Å². The molecule has 1 aliphatic rings. The maximum Gasteiger partial charge on any atom is 0.325 e. The van der Waals surface area contributed by atoms with Crippen LogP contribution in [0.1, 0.15) is 27.7 Å². The Bertz CT molecular complexity index is 581. The zero-order chi connectivity index (χ0) is 17.1. The molecule has 0 aliphatic carbocycles. The van der Waals surface area contributed by atoms with Crippen molar-refractivity contribution in [2.75, 3.05) is 24.5 Å². The normalized spacial score (nSPS) is 15.0. The molecule has 1 heterocycles. The van der Waals surface area contributed by atoms with Gasteiger partial charge in [0.15, 0.2) is 0 Å². The maximum atomic E-state index is 13.9. The minimum absolute atomic E-state index is 0.0279. The standard InChI is InChI=1S/C17H24FN3O2/c1-12(2)21(13(3)4)16(22)11-19-9-10-20(17(19)23)15-8-6-5-7-14(15)18/h5-8,12-13H,9-11H2,1-4H3. The lowest BCUT2D eigenvalue weighted by molar-refractivity contribution is -0.135. The number of rotatable bonds is 5. The van der Waals surface area contributed by atoms with E-state index in [1.54, 1.807) is 23.1 Å². The van der Waals surface area contributed by atoms with Crippen molar-refractivity contribution in [1.82, 2.24) is 9.80 Å². The highest BCUT2D eigenvalue weighted by Crippen LogP contribution is 2.23. The number of hydrogen-bond donors (Lipinski definition) is 0. The van der Waals surface area contributed by atoms with E-state index in [0.29, 0.717) is 13.1 Å². The summed E-state index contributed by atoms with van der Waals surface area (Å²) in [5, 5.41) is 0. The Kier molecular flexibility index (Phi) is 5.23. The van der Waals surface area contributed by atoms with Gasteiger partial charge in [-0.2, -0.15) is 0 Å². The Morgan fingerprint density at radius 3 is 2.35 bits per heavy atom. The summed E-state index contributed by atoms with van der Waals surface area (Å²) >= 11 is 0. The average molecular weight is 321 g/mol. The van der Waals surface area contributed by atoms with E-state index in [2.05, 4.69) is 0 Å². The summed E-state index contributed by atoms with van der Waals surface area (Å²) in [5.41, 5.74) is 0.261. The van der Waals surface area contributed by atoms with Crippen LogP contribution >= 0.6 is 0 Å². The largest absolute Gasteiger partial charge is 0.336 e. The van der Waals surface area contributed by atoms with Gasteiger partial charge in [0.25, 0.3) is 0 Å². The quantitative estimate of drug-likeness (QED) is 0.837. The lowest BCUT2D eigenvalue weighted by Gasteiger charge is -2.32. The summed E-state index contributed by atoms with van der Waals surface area (Å²) < 4.78 is 13.9. The molecule has 1 saturated heterocycles. The number of anilines is 1. The number of halogens is 1. The molecule has 0 N–H and O–H groups in total. The first-order chi connectivity index (χ1) is 10.8. The zero-order valence-corrected chi connectivity index (χ0v) is 14.1. The molecule has 0 aromatic heterocycles. The van der Waals surface area contributed by atoms with E-state index in [1.165, 1.54) is 15.9 Å². The summed E-state index contributed by atoms with van der Waals surface area (Å²) in [6.07, 6.45) is 0. The van der Waals surface area contributed by atoms with E-state index in [1.807, 2.05) is 27.7 Å². The second-order valence-electron chi connectivity index (χ2n) is 6.30. The van der Waals surface area contributed by atoms with Crippen molar-refractivity contribution in [3.8, 4) is 0 Å². The number of nitrogens with zero attached hydrogens (tertiary/aromatic N) is 3. The van der Waals surface area contributed by atoms with Crippen LogP contribution < -0.4 is 4.90 Å². The number of amides is 3. The molecule has 1 aliphatic heterocycles. The SMILES string of the molecule is CC(C)N(C(=O)CN1CCN(c2ccccc2F)C1=O)C(C)C. The molecule has 0 unspecified atom stereocenters. The molecular formula is C17H24FN3O2. The first-order valence-electron chi connectivity index (χ1n) is 7.95. The third-order valence-electron chi connectivity index (χ3n) is 3.96. The van der Waals surface area contributed by atoms with Crippen LogP contribution in [-0.2, 0) is 4.79 Å². The minimum Gasteiger partial charge on any atom is -0.336 e. The molecule has 3 amide bonds. The van der Waals surface area contributed by atoms with Gasteiger partial charge in [-0.05, 0) is 39.8 Å². The van der Waals surface area contributed by atoms with Gasteiger partial charge in [-0.25, -0.2) is 9.18 Å². The molecule has 0 atom stereocenters. The summed E-state index contributed by atoms with van der Waals surface area (Å²) in [4.78, 5) is 29.6. The van der Waals surface area contributed by atoms with E-state index in [0.717, 1.165) is 0 Å². The molecule has 1 aromatic rings. The minimum atomic E-state index is -0.431. The lowest BCUT2D eigenvalue weighted by Crippen LogP contribution is -2.48. The molecule has 126 valence electrons. The monoisotopic (exact) mass is 321 g/mol. The van der Waals surface area contributed by atoms with E-state index in [-0.39, 0.29) is 36.3 Å². The fourth-order valence-electron chi connectivity index (χ4n) is 3.04. The van der Waals surface area contributed by atoms with Gasteiger partial charge in [0.05, 0.1) is 5.69 Å².